The van der Waals surface area contributed by atoms with Gasteiger partial charge in [0.1, 0.15) is 11.6 Å². The normalized spacial score (nSPS) is 14.7. The Morgan fingerprint density at radius 1 is 1.14 bits per heavy atom. The molecule has 3 rings (SSSR count). The minimum absolute atomic E-state index is 0.681. The average molecular weight is 298 g/mol. The van der Waals surface area contributed by atoms with Crippen molar-refractivity contribution in [1.29, 1.82) is 0 Å². The first-order chi connectivity index (χ1) is 10.9. The number of ether oxygens (including phenoxy) is 1. The summed E-state index contributed by atoms with van der Waals surface area (Å²) in [6.07, 6.45) is 5.58. The van der Waals surface area contributed by atoms with Crippen LogP contribution in [0.25, 0.3) is 0 Å². The number of aromatic nitrogens is 2. The highest BCUT2D eigenvalue weighted by molar-refractivity contribution is 5.43. The number of hydrogen-bond acceptors (Lipinski definition) is 5. The lowest BCUT2D eigenvalue weighted by Crippen LogP contribution is -2.31. The number of rotatable bonds is 5. The zero-order valence-electron chi connectivity index (χ0n) is 13.0. The molecule has 116 valence electrons. The average Bonchev–Trinajstić information content (AvgIpc) is 2.61. The van der Waals surface area contributed by atoms with Gasteiger partial charge in [-0.2, -0.15) is 4.98 Å². The Hall–Kier alpha value is -2.30. The molecule has 0 unspecified atom stereocenters. The molecule has 1 saturated heterocycles. The fraction of sp³-hybridized carbons (Fsp3) is 0.412. The van der Waals surface area contributed by atoms with Gasteiger partial charge in [0.2, 0.25) is 5.95 Å². The summed E-state index contributed by atoms with van der Waals surface area (Å²) in [5.74, 6) is 2.56. The minimum atomic E-state index is 0.681. The van der Waals surface area contributed by atoms with E-state index in [1.54, 1.807) is 7.11 Å². The molecule has 1 aliphatic rings. The smallest absolute Gasteiger partial charge is 0.227 e. The Labute approximate surface area is 131 Å². The summed E-state index contributed by atoms with van der Waals surface area (Å²) in [4.78, 5) is 11.3. The Bertz CT molecular complexity index is 611. The van der Waals surface area contributed by atoms with Crippen molar-refractivity contribution in [2.75, 3.05) is 30.4 Å². The summed E-state index contributed by atoms with van der Waals surface area (Å²) in [7, 11) is 1.69. The molecule has 0 saturated carbocycles. The van der Waals surface area contributed by atoms with E-state index < -0.39 is 0 Å². The van der Waals surface area contributed by atoms with Crippen LogP contribution in [-0.2, 0) is 6.54 Å². The van der Waals surface area contributed by atoms with Crippen molar-refractivity contribution in [3.05, 3.63) is 42.1 Å². The number of nitrogens with zero attached hydrogens (tertiary/aromatic N) is 3. The molecule has 2 aromatic rings. The molecule has 22 heavy (non-hydrogen) atoms. The van der Waals surface area contributed by atoms with E-state index in [9.17, 15) is 0 Å². The number of anilines is 2. The molecule has 0 atom stereocenters. The van der Waals surface area contributed by atoms with Crippen LogP contribution in [0.3, 0.4) is 0 Å². The Morgan fingerprint density at radius 2 is 1.95 bits per heavy atom. The van der Waals surface area contributed by atoms with Crippen LogP contribution in [0.1, 0.15) is 24.8 Å². The molecule has 0 radical (unpaired) electrons. The number of para-hydroxylation sites is 1. The number of benzene rings is 1. The molecule has 5 nitrogen and oxygen atoms in total. The maximum atomic E-state index is 5.37. The molecule has 1 fully saturated rings. The molecule has 1 aromatic carbocycles. The van der Waals surface area contributed by atoms with Crippen molar-refractivity contribution >= 4 is 11.8 Å². The zero-order valence-corrected chi connectivity index (χ0v) is 13.0. The van der Waals surface area contributed by atoms with Gasteiger partial charge in [0.05, 0.1) is 7.11 Å². The summed E-state index contributed by atoms with van der Waals surface area (Å²) in [5, 5.41) is 3.36. The highest BCUT2D eigenvalue weighted by Crippen LogP contribution is 2.20. The van der Waals surface area contributed by atoms with E-state index in [1.165, 1.54) is 19.3 Å². The second-order valence-corrected chi connectivity index (χ2v) is 5.45. The van der Waals surface area contributed by atoms with Gasteiger partial charge in [-0.05, 0) is 31.4 Å². The third-order valence-corrected chi connectivity index (χ3v) is 3.93. The molecule has 2 heterocycles. The number of nitrogens with one attached hydrogen (secondary N) is 1. The number of hydrogen-bond donors (Lipinski definition) is 1. The first kappa shape index (κ1) is 14.6. The summed E-state index contributed by atoms with van der Waals surface area (Å²) in [6, 6.07) is 9.91. The number of methoxy groups -OCH3 is 1. The van der Waals surface area contributed by atoms with Gasteiger partial charge in [-0.1, -0.05) is 18.2 Å². The lowest BCUT2D eigenvalue weighted by atomic mass is 10.1. The second-order valence-electron chi connectivity index (χ2n) is 5.45. The van der Waals surface area contributed by atoms with E-state index in [0.29, 0.717) is 6.54 Å². The van der Waals surface area contributed by atoms with E-state index >= 15 is 0 Å². The summed E-state index contributed by atoms with van der Waals surface area (Å²) in [5.41, 5.74) is 1.11. The number of piperidine rings is 1. The van der Waals surface area contributed by atoms with E-state index in [4.69, 9.17) is 4.74 Å². The Balaban J connectivity index is 1.67. The highest BCUT2D eigenvalue weighted by atomic mass is 16.5. The first-order valence-corrected chi connectivity index (χ1v) is 7.80. The van der Waals surface area contributed by atoms with E-state index in [0.717, 1.165) is 36.2 Å². The summed E-state index contributed by atoms with van der Waals surface area (Å²) >= 11 is 0. The van der Waals surface area contributed by atoms with Crippen molar-refractivity contribution in [2.24, 2.45) is 0 Å². The second kappa shape index (κ2) is 7.11. The van der Waals surface area contributed by atoms with Crippen LogP contribution in [0.2, 0.25) is 0 Å². The van der Waals surface area contributed by atoms with E-state index in [2.05, 4.69) is 26.3 Å². The van der Waals surface area contributed by atoms with Crippen LogP contribution >= 0.6 is 0 Å². The lowest BCUT2D eigenvalue weighted by molar-refractivity contribution is 0.410. The van der Waals surface area contributed by atoms with Gasteiger partial charge in [0.25, 0.3) is 0 Å². The molecule has 1 N–H and O–H groups in total. The van der Waals surface area contributed by atoms with Crippen molar-refractivity contribution in [1.82, 2.24) is 9.97 Å². The van der Waals surface area contributed by atoms with Gasteiger partial charge in [0, 0.05) is 31.4 Å². The third-order valence-electron chi connectivity index (χ3n) is 3.93. The molecular weight excluding hydrogens is 276 g/mol. The molecular formula is C17H22N4O. The molecule has 0 bridgehead atoms. The predicted octanol–water partition coefficient (Wildman–Crippen LogP) is 3.09. The van der Waals surface area contributed by atoms with Crippen molar-refractivity contribution in [3.8, 4) is 5.75 Å². The maximum Gasteiger partial charge on any atom is 0.227 e. The first-order valence-electron chi connectivity index (χ1n) is 7.80. The van der Waals surface area contributed by atoms with Crippen molar-refractivity contribution < 1.29 is 4.74 Å². The van der Waals surface area contributed by atoms with Crippen LogP contribution in [-0.4, -0.2) is 30.2 Å². The van der Waals surface area contributed by atoms with Gasteiger partial charge >= 0.3 is 0 Å². The lowest BCUT2D eigenvalue weighted by Gasteiger charge is -2.26. The van der Waals surface area contributed by atoms with Gasteiger partial charge in [-0.3, -0.25) is 0 Å². The highest BCUT2D eigenvalue weighted by Gasteiger charge is 2.13. The predicted molar refractivity (Wildman–Crippen MR) is 88.4 cm³/mol. The van der Waals surface area contributed by atoms with Gasteiger partial charge in [-0.25, -0.2) is 4.98 Å². The fourth-order valence-corrected chi connectivity index (χ4v) is 2.73. The van der Waals surface area contributed by atoms with Gasteiger partial charge in [-0.15, -0.1) is 0 Å². The molecule has 0 amide bonds. The standard InChI is InChI=1S/C17H22N4O/c1-22-15-8-4-3-7-14(15)13-19-16-9-10-18-17(20-16)21-11-5-2-6-12-21/h3-4,7-10H,2,5-6,11-13H2,1H3,(H,18,19,20). The SMILES string of the molecule is COc1ccccc1CNc1ccnc(N2CCCCC2)n1. The van der Waals surface area contributed by atoms with Crippen LogP contribution < -0.4 is 15.0 Å². The van der Waals surface area contributed by atoms with Crippen LogP contribution in [0.15, 0.2) is 36.5 Å². The van der Waals surface area contributed by atoms with Crippen LogP contribution in [0.5, 0.6) is 5.75 Å². The van der Waals surface area contributed by atoms with Gasteiger partial charge in [0.15, 0.2) is 0 Å². The minimum Gasteiger partial charge on any atom is -0.496 e. The fourth-order valence-electron chi connectivity index (χ4n) is 2.73. The third kappa shape index (κ3) is 3.47. The van der Waals surface area contributed by atoms with Crippen molar-refractivity contribution in [3.63, 3.8) is 0 Å². The van der Waals surface area contributed by atoms with E-state index in [1.807, 2.05) is 30.5 Å². The topological polar surface area (TPSA) is 50.3 Å². The van der Waals surface area contributed by atoms with Crippen LogP contribution in [0, 0.1) is 0 Å². The molecule has 5 heteroatoms. The largest absolute Gasteiger partial charge is 0.496 e. The summed E-state index contributed by atoms with van der Waals surface area (Å²) < 4.78 is 5.37. The molecule has 1 aromatic heterocycles. The molecule has 0 spiro atoms. The Kier molecular flexibility index (Phi) is 4.73. The van der Waals surface area contributed by atoms with Crippen molar-refractivity contribution in [2.45, 2.75) is 25.8 Å². The van der Waals surface area contributed by atoms with Gasteiger partial charge < -0.3 is 15.0 Å². The zero-order chi connectivity index (χ0) is 15.2. The summed E-state index contributed by atoms with van der Waals surface area (Å²) in [6.45, 7) is 2.78. The quantitative estimate of drug-likeness (QED) is 0.919. The molecule has 0 aliphatic carbocycles. The maximum absolute atomic E-state index is 5.37. The molecule has 1 aliphatic heterocycles. The van der Waals surface area contributed by atoms with E-state index in [-0.39, 0.29) is 0 Å². The Morgan fingerprint density at radius 3 is 2.77 bits per heavy atom. The monoisotopic (exact) mass is 298 g/mol. The van der Waals surface area contributed by atoms with Crippen LogP contribution in [0.4, 0.5) is 11.8 Å².